The van der Waals surface area contributed by atoms with Gasteiger partial charge in [-0.15, -0.1) is 0 Å². The van der Waals surface area contributed by atoms with Gasteiger partial charge in [-0.1, -0.05) is 11.8 Å². The van der Waals surface area contributed by atoms with Gasteiger partial charge in [0.15, 0.2) is 10.8 Å². The monoisotopic (exact) mass is 336 g/mol. The van der Waals surface area contributed by atoms with E-state index in [2.05, 4.69) is 0 Å². The summed E-state index contributed by atoms with van der Waals surface area (Å²) in [5.41, 5.74) is 5.19. The lowest BCUT2D eigenvalue weighted by atomic mass is 9.99. The van der Waals surface area contributed by atoms with Gasteiger partial charge in [0.1, 0.15) is 11.1 Å². The van der Waals surface area contributed by atoms with Crippen LogP contribution in [0.4, 0.5) is 0 Å². The number of β-lactam (4-membered cyclic amide) rings is 1. The maximum atomic E-state index is 11.9. The van der Waals surface area contributed by atoms with Crippen LogP contribution in [-0.4, -0.2) is 44.9 Å². The molecule has 8 nitrogen and oxygen atoms in total. The third-order valence-electron chi connectivity index (χ3n) is 3.56. The normalized spacial score (nSPS) is 22.7. The van der Waals surface area contributed by atoms with E-state index in [-0.39, 0.29) is 17.4 Å². The summed E-state index contributed by atoms with van der Waals surface area (Å²) >= 11 is 1.07. The van der Waals surface area contributed by atoms with Crippen molar-refractivity contribution < 1.29 is 29.3 Å². The first-order valence-electron chi connectivity index (χ1n) is 6.60. The molecule has 0 saturated carbocycles. The van der Waals surface area contributed by atoms with Gasteiger partial charge in [0.05, 0.1) is 12.5 Å². The molecule has 120 valence electrons. The van der Waals surface area contributed by atoms with Crippen LogP contribution < -0.4 is 10.5 Å². The highest BCUT2D eigenvalue weighted by Gasteiger charge is 2.56. The number of primary amides is 1. The van der Waals surface area contributed by atoms with Crippen molar-refractivity contribution in [3.63, 3.8) is 0 Å². The minimum absolute atomic E-state index is 0.0682. The van der Waals surface area contributed by atoms with Crippen LogP contribution in [-0.2, 0) is 9.59 Å². The van der Waals surface area contributed by atoms with Crippen molar-refractivity contribution in [2.75, 3.05) is 6.61 Å². The largest absolute Gasteiger partial charge is 0.476 e. The molecule has 2 atom stereocenters. The van der Waals surface area contributed by atoms with E-state index in [0.717, 1.165) is 16.7 Å². The number of aliphatic hydroxyl groups is 1. The van der Waals surface area contributed by atoms with Crippen molar-refractivity contribution in [2.45, 2.75) is 5.37 Å². The molecule has 2 amide bonds. The van der Waals surface area contributed by atoms with Gasteiger partial charge >= 0.3 is 5.97 Å². The second kappa shape index (κ2) is 5.60. The van der Waals surface area contributed by atoms with Crippen molar-refractivity contribution in [1.29, 1.82) is 0 Å². The molecule has 23 heavy (non-hydrogen) atoms. The molecular weight excluding hydrogens is 324 g/mol. The van der Waals surface area contributed by atoms with Gasteiger partial charge in [-0.3, -0.25) is 14.5 Å². The maximum Gasteiger partial charge on any atom is 0.357 e. The summed E-state index contributed by atoms with van der Waals surface area (Å²) in [6.07, 6.45) is 0. The molecule has 2 unspecified atom stereocenters. The van der Waals surface area contributed by atoms with Gasteiger partial charge in [0.2, 0.25) is 11.8 Å². The number of carboxylic acid groups (broad SMARTS) is 1. The van der Waals surface area contributed by atoms with E-state index in [0.29, 0.717) is 11.3 Å². The van der Waals surface area contributed by atoms with Crippen LogP contribution in [0, 0.1) is 5.92 Å². The number of carbonyl (C=O) groups is 3. The van der Waals surface area contributed by atoms with Crippen LogP contribution in [0.25, 0.3) is 0 Å². The molecule has 1 saturated heterocycles. The zero-order chi connectivity index (χ0) is 16.7. The number of carbonyl (C=O) groups excluding carboxylic acids is 2. The average molecular weight is 336 g/mol. The van der Waals surface area contributed by atoms with Crippen LogP contribution >= 0.6 is 11.8 Å². The Hall–Kier alpha value is -2.52. The second-order valence-corrected chi connectivity index (χ2v) is 6.03. The van der Waals surface area contributed by atoms with Gasteiger partial charge < -0.3 is 20.7 Å². The summed E-state index contributed by atoms with van der Waals surface area (Å²) in [6.45, 7) is -0.347. The van der Waals surface area contributed by atoms with Crippen molar-refractivity contribution in [1.82, 2.24) is 4.90 Å². The number of hydrogen-bond donors (Lipinski definition) is 3. The van der Waals surface area contributed by atoms with E-state index < -0.39 is 29.1 Å². The number of nitrogens with two attached hydrogens (primary N) is 1. The molecule has 9 heteroatoms. The number of amides is 2. The zero-order valence-electron chi connectivity index (χ0n) is 11.6. The molecule has 2 heterocycles. The van der Waals surface area contributed by atoms with Crippen LogP contribution in [0.3, 0.4) is 0 Å². The second-order valence-electron chi connectivity index (χ2n) is 4.94. The first-order valence-corrected chi connectivity index (χ1v) is 7.48. The third kappa shape index (κ3) is 2.43. The van der Waals surface area contributed by atoms with E-state index in [4.69, 9.17) is 10.5 Å². The van der Waals surface area contributed by atoms with E-state index in [1.807, 2.05) is 0 Å². The number of thioether (sulfide) groups is 1. The van der Waals surface area contributed by atoms with E-state index >= 15 is 0 Å². The topological polar surface area (TPSA) is 130 Å². The van der Waals surface area contributed by atoms with E-state index in [9.17, 15) is 24.6 Å². The Labute approximate surface area is 134 Å². The summed E-state index contributed by atoms with van der Waals surface area (Å²) in [5.74, 6) is -2.63. The third-order valence-corrected chi connectivity index (χ3v) is 4.84. The van der Waals surface area contributed by atoms with Gasteiger partial charge in [0, 0.05) is 5.56 Å². The number of aliphatic carboxylic acids is 1. The number of fused-ring (bicyclic) bond motifs is 1. The lowest BCUT2D eigenvalue weighted by molar-refractivity contribution is -0.153. The molecule has 0 radical (unpaired) electrons. The molecule has 2 aliphatic rings. The minimum Gasteiger partial charge on any atom is -0.476 e. The Kier molecular flexibility index (Phi) is 3.74. The number of rotatable bonds is 5. The molecular formula is C14H12N2O6S. The first-order chi connectivity index (χ1) is 10.9. The Bertz CT molecular complexity index is 729. The minimum atomic E-state index is -1.28. The number of nitrogens with zero attached hydrogens (tertiary/aromatic N) is 1. The van der Waals surface area contributed by atoms with Gasteiger partial charge in [0.25, 0.3) is 0 Å². The van der Waals surface area contributed by atoms with E-state index in [1.165, 1.54) is 24.3 Å². The van der Waals surface area contributed by atoms with Crippen molar-refractivity contribution in [2.24, 2.45) is 11.7 Å². The molecule has 1 aromatic carbocycles. The lowest BCUT2D eigenvalue weighted by Gasteiger charge is -2.40. The summed E-state index contributed by atoms with van der Waals surface area (Å²) in [4.78, 5) is 35.4. The summed E-state index contributed by atoms with van der Waals surface area (Å²) in [7, 11) is 0. The predicted molar refractivity (Wildman–Crippen MR) is 79.1 cm³/mol. The zero-order valence-corrected chi connectivity index (χ0v) is 12.4. The maximum absolute atomic E-state index is 11.9. The summed E-state index contributed by atoms with van der Waals surface area (Å²) in [5, 5.41) is 18.1. The van der Waals surface area contributed by atoms with Gasteiger partial charge in [-0.05, 0) is 24.3 Å². The molecule has 0 aromatic heterocycles. The average Bonchev–Trinajstić information content (AvgIpc) is 2.83. The Morgan fingerprint density at radius 3 is 2.48 bits per heavy atom. The number of ether oxygens (including phenoxy) is 1. The molecule has 1 fully saturated rings. The highest BCUT2D eigenvalue weighted by molar-refractivity contribution is 8.03. The van der Waals surface area contributed by atoms with Gasteiger partial charge in [-0.2, -0.15) is 0 Å². The van der Waals surface area contributed by atoms with Crippen LogP contribution in [0.15, 0.2) is 35.1 Å². The summed E-state index contributed by atoms with van der Waals surface area (Å²) < 4.78 is 5.54. The van der Waals surface area contributed by atoms with E-state index in [1.54, 1.807) is 0 Å². The molecule has 0 bridgehead atoms. The SMILES string of the molecule is NC(=O)c1ccc(OC2=C(C(=O)O)N3C(=O)C(CO)C3S2)cc1. The Morgan fingerprint density at radius 2 is 1.96 bits per heavy atom. The van der Waals surface area contributed by atoms with Crippen LogP contribution in [0.1, 0.15) is 10.4 Å². The Morgan fingerprint density at radius 1 is 1.30 bits per heavy atom. The molecule has 3 rings (SSSR count). The fourth-order valence-corrected chi connectivity index (χ4v) is 3.73. The fourth-order valence-electron chi connectivity index (χ4n) is 2.39. The first kappa shape index (κ1) is 15.4. The molecule has 0 aliphatic carbocycles. The number of carboxylic acids is 1. The molecule has 0 spiro atoms. The molecule has 1 aromatic rings. The van der Waals surface area contributed by atoms with Crippen molar-refractivity contribution in [3.8, 4) is 5.75 Å². The highest BCUT2D eigenvalue weighted by Crippen LogP contribution is 2.49. The molecule has 4 N–H and O–H groups in total. The van der Waals surface area contributed by atoms with Crippen molar-refractivity contribution in [3.05, 3.63) is 40.6 Å². The quantitative estimate of drug-likeness (QED) is 0.642. The number of aliphatic hydroxyl groups excluding tert-OH is 1. The Balaban J connectivity index is 1.85. The lowest BCUT2D eigenvalue weighted by Crippen LogP contribution is -2.58. The summed E-state index contributed by atoms with van der Waals surface area (Å²) in [6, 6.07) is 5.87. The standard InChI is InChI=1S/C14H12N2O6S/c15-10(18)6-1-3-7(4-2-6)22-14-9(13(20)21)16-11(19)8(5-17)12(16)23-14/h1-4,8,12,17H,5H2,(H2,15,18)(H,20,21). The predicted octanol–water partition coefficient (Wildman–Crippen LogP) is -0.0584. The van der Waals surface area contributed by atoms with Crippen molar-refractivity contribution >= 4 is 29.5 Å². The van der Waals surface area contributed by atoms with Crippen LogP contribution in [0.5, 0.6) is 5.75 Å². The fraction of sp³-hybridized carbons (Fsp3) is 0.214. The number of benzene rings is 1. The highest BCUT2D eigenvalue weighted by atomic mass is 32.2. The number of hydrogen-bond acceptors (Lipinski definition) is 6. The van der Waals surface area contributed by atoms with Gasteiger partial charge in [-0.25, -0.2) is 4.79 Å². The smallest absolute Gasteiger partial charge is 0.357 e. The van der Waals surface area contributed by atoms with Crippen LogP contribution in [0.2, 0.25) is 0 Å². The molecule has 2 aliphatic heterocycles.